The quantitative estimate of drug-likeness (QED) is 0.133. The fourth-order valence-corrected chi connectivity index (χ4v) is 3.73. The van der Waals surface area contributed by atoms with Crippen LogP contribution in [0.4, 0.5) is 17.6 Å². The molecule has 1 heterocycles. The number of ether oxygens (including phenoxy) is 2. The number of benzene rings is 3. The van der Waals surface area contributed by atoms with Crippen molar-refractivity contribution < 1.29 is 31.8 Å². The van der Waals surface area contributed by atoms with Crippen LogP contribution in [0.1, 0.15) is 15.9 Å². The zero-order valence-electron chi connectivity index (χ0n) is 18.4. The molecule has 0 aliphatic heterocycles. The number of thioether (sulfide) groups is 1. The second-order valence-electron chi connectivity index (χ2n) is 7.28. The summed E-state index contributed by atoms with van der Waals surface area (Å²) in [7, 11) is 0. The summed E-state index contributed by atoms with van der Waals surface area (Å²) in [5, 5.41) is 0.234. The Kier molecular flexibility index (Phi) is 7.76. The van der Waals surface area contributed by atoms with Crippen LogP contribution >= 0.6 is 23.4 Å². The van der Waals surface area contributed by atoms with Gasteiger partial charge < -0.3 is 9.47 Å². The topological polar surface area (TPSA) is 61.3 Å². The van der Waals surface area contributed by atoms with Crippen molar-refractivity contribution in [2.75, 3.05) is 6.26 Å². The van der Waals surface area contributed by atoms with Crippen LogP contribution in [-0.4, -0.2) is 22.0 Å². The van der Waals surface area contributed by atoms with E-state index in [1.807, 2.05) is 6.26 Å². The SMILES string of the molecule is CSc1ccc(Cl)c(C(=O)Cc2cnc(Oc3ccc(F)cc3F)nc2Oc2ccc(F)cc2F)c1. The third-order valence-electron chi connectivity index (χ3n) is 4.82. The van der Waals surface area contributed by atoms with Crippen LogP contribution in [-0.2, 0) is 6.42 Å². The first-order chi connectivity index (χ1) is 17.2. The number of hydrogen-bond acceptors (Lipinski definition) is 6. The summed E-state index contributed by atoms with van der Waals surface area (Å²) < 4.78 is 65.6. The van der Waals surface area contributed by atoms with E-state index < -0.39 is 35.1 Å². The van der Waals surface area contributed by atoms with E-state index in [2.05, 4.69) is 9.97 Å². The zero-order chi connectivity index (χ0) is 25.8. The number of hydrogen-bond donors (Lipinski definition) is 0. The van der Waals surface area contributed by atoms with Crippen LogP contribution in [0.3, 0.4) is 0 Å². The summed E-state index contributed by atoms with van der Waals surface area (Å²) in [6, 6.07) is 9.81. The molecule has 0 saturated carbocycles. The number of Topliss-reactive ketones (excluding diaryl/α,β-unsaturated/α-hetero) is 1. The molecule has 3 aromatic carbocycles. The molecule has 0 aliphatic carbocycles. The van der Waals surface area contributed by atoms with Gasteiger partial charge in [0.1, 0.15) is 11.6 Å². The lowest BCUT2D eigenvalue weighted by Crippen LogP contribution is -2.08. The molecule has 0 radical (unpaired) electrons. The van der Waals surface area contributed by atoms with Gasteiger partial charge in [0.15, 0.2) is 28.9 Å². The third kappa shape index (κ3) is 5.95. The monoisotopic (exact) mass is 534 g/mol. The number of halogens is 5. The van der Waals surface area contributed by atoms with E-state index in [0.717, 1.165) is 29.2 Å². The van der Waals surface area contributed by atoms with Crippen LogP contribution in [0.2, 0.25) is 5.02 Å². The Hall–Kier alpha value is -3.63. The third-order valence-corrected chi connectivity index (χ3v) is 5.88. The van der Waals surface area contributed by atoms with Crippen LogP contribution in [0.25, 0.3) is 0 Å². The molecular formula is C25H15ClF4N2O3S. The first kappa shape index (κ1) is 25.5. The average molecular weight is 535 g/mol. The lowest BCUT2D eigenvalue weighted by Gasteiger charge is -2.13. The van der Waals surface area contributed by atoms with Gasteiger partial charge in [-0.15, -0.1) is 11.8 Å². The molecule has 0 bridgehead atoms. The molecule has 184 valence electrons. The van der Waals surface area contributed by atoms with Gasteiger partial charge in [-0.1, -0.05) is 11.6 Å². The average Bonchev–Trinajstić information content (AvgIpc) is 2.84. The highest BCUT2D eigenvalue weighted by atomic mass is 35.5. The molecule has 0 fully saturated rings. The normalized spacial score (nSPS) is 10.8. The van der Waals surface area contributed by atoms with Gasteiger partial charge in [0.05, 0.1) is 5.02 Å². The Bertz CT molecular complexity index is 1460. The molecule has 4 aromatic rings. The lowest BCUT2D eigenvalue weighted by atomic mass is 10.0. The van der Waals surface area contributed by atoms with Crippen molar-refractivity contribution in [1.29, 1.82) is 0 Å². The molecule has 36 heavy (non-hydrogen) atoms. The molecular weight excluding hydrogens is 520 g/mol. The molecule has 4 rings (SSSR count). The van der Waals surface area contributed by atoms with Crippen LogP contribution in [0.15, 0.2) is 65.7 Å². The Balaban J connectivity index is 1.70. The maximum absolute atomic E-state index is 14.3. The molecule has 0 spiro atoms. The summed E-state index contributed by atoms with van der Waals surface area (Å²) in [5.41, 5.74) is 0.373. The van der Waals surface area contributed by atoms with Crippen molar-refractivity contribution in [2.24, 2.45) is 0 Å². The predicted octanol–water partition coefficient (Wildman–Crippen LogP) is 7.42. The number of carbonyl (C=O) groups is 1. The highest BCUT2D eigenvalue weighted by Gasteiger charge is 2.20. The fourth-order valence-electron chi connectivity index (χ4n) is 3.07. The van der Waals surface area contributed by atoms with Crippen molar-refractivity contribution >= 4 is 29.1 Å². The number of rotatable bonds is 8. The van der Waals surface area contributed by atoms with E-state index in [9.17, 15) is 22.4 Å². The van der Waals surface area contributed by atoms with Crippen molar-refractivity contribution in [2.45, 2.75) is 11.3 Å². The summed E-state index contributed by atoms with van der Waals surface area (Å²) in [4.78, 5) is 21.8. The van der Waals surface area contributed by atoms with Gasteiger partial charge in [0.25, 0.3) is 0 Å². The number of nitrogens with zero attached hydrogens (tertiary/aromatic N) is 2. The Morgan fingerprint density at radius 1 is 0.917 bits per heavy atom. The molecule has 0 atom stereocenters. The Labute approximate surface area is 212 Å². The van der Waals surface area contributed by atoms with Crippen LogP contribution in [0, 0.1) is 23.3 Å². The highest BCUT2D eigenvalue weighted by Crippen LogP contribution is 2.31. The molecule has 0 saturated heterocycles. The van der Waals surface area contributed by atoms with E-state index in [-0.39, 0.29) is 39.9 Å². The van der Waals surface area contributed by atoms with Crippen molar-refractivity contribution in [3.8, 4) is 23.4 Å². The molecule has 1 aromatic heterocycles. The van der Waals surface area contributed by atoms with E-state index in [4.69, 9.17) is 21.1 Å². The minimum absolute atomic E-state index is 0.126. The molecule has 0 amide bonds. The summed E-state index contributed by atoms with van der Waals surface area (Å²) in [6.45, 7) is 0. The van der Waals surface area contributed by atoms with Gasteiger partial charge in [-0.25, -0.2) is 22.5 Å². The first-order valence-electron chi connectivity index (χ1n) is 10.2. The van der Waals surface area contributed by atoms with E-state index in [1.165, 1.54) is 18.0 Å². The molecule has 11 heteroatoms. The maximum Gasteiger partial charge on any atom is 0.325 e. The predicted molar refractivity (Wildman–Crippen MR) is 126 cm³/mol. The highest BCUT2D eigenvalue weighted by molar-refractivity contribution is 7.98. The summed E-state index contributed by atoms with van der Waals surface area (Å²) >= 11 is 7.63. The summed E-state index contributed by atoms with van der Waals surface area (Å²) in [5.74, 6) is -5.11. The maximum atomic E-state index is 14.3. The lowest BCUT2D eigenvalue weighted by molar-refractivity contribution is 0.0991. The fraction of sp³-hybridized carbons (Fsp3) is 0.0800. The number of carbonyl (C=O) groups excluding carboxylic acids is 1. The minimum atomic E-state index is -1.02. The van der Waals surface area contributed by atoms with Crippen molar-refractivity contribution in [3.63, 3.8) is 0 Å². The number of aromatic nitrogens is 2. The second kappa shape index (κ2) is 11.0. The Morgan fingerprint density at radius 3 is 2.17 bits per heavy atom. The molecule has 0 aliphatic rings. The molecule has 0 N–H and O–H groups in total. The van der Waals surface area contributed by atoms with Crippen LogP contribution < -0.4 is 9.47 Å². The van der Waals surface area contributed by atoms with Gasteiger partial charge in [0.2, 0.25) is 5.88 Å². The van der Waals surface area contributed by atoms with E-state index in [0.29, 0.717) is 12.1 Å². The summed E-state index contributed by atoms with van der Waals surface area (Å²) in [6.07, 6.45) is 2.74. The minimum Gasteiger partial charge on any atom is -0.435 e. The van der Waals surface area contributed by atoms with Gasteiger partial charge >= 0.3 is 6.01 Å². The van der Waals surface area contributed by atoms with Crippen LogP contribution in [0.5, 0.6) is 23.4 Å². The first-order valence-corrected chi connectivity index (χ1v) is 11.8. The molecule has 0 unspecified atom stereocenters. The zero-order valence-corrected chi connectivity index (χ0v) is 20.0. The van der Waals surface area contributed by atoms with E-state index in [1.54, 1.807) is 18.2 Å². The van der Waals surface area contributed by atoms with Gasteiger partial charge in [-0.3, -0.25) is 4.79 Å². The number of ketones is 1. The van der Waals surface area contributed by atoms with Gasteiger partial charge in [-0.2, -0.15) is 4.98 Å². The largest absolute Gasteiger partial charge is 0.435 e. The smallest absolute Gasteiger partial charge is 0.325 e. The Morgan fingerprint density at radius 2 is 1.56 bits per heavy atom. The molecule has 5 nitrogen and oxygen atoms in total. The standard InChI is InChI=1S/C25H15ClF4N2O3S/c1-36-16-4-5-18(26)17(11-16)21(33)8-13-12-31-25(35-23-7-3-15(28)10-20(23)30)32-24(13)34-22-6-2-14(27)9-19(22)29/h2-7,9-12H,8H2,1H3. The second-order valence-corrected chi connectivity index (χ2v) is 8.57. The van der Waals surface area contributed by atoms with Gasteiger partial charge in [-0.05, 0) is 48.7 Å². The van der Waals surface area contributed by atoms with Gasteiger partial charge in [0, 0.05) is 40.8 Å². The van der Waals surface area contributed by atoms with E-state index >= 15 is 0 Å². The van der Waals surface area contributed by atoms with Crippen molar-refractivity contribution in [3.05, 3.63) is 100 Å². The van der Waals surface area contributed by atoms with Crippen molar-refractivity contribution in [1.82, 2.24) is 9.97 Å².